The molecule has 0 bridgehead atoms. The Kier molecular flexibility index (Phi) is 4.53. The van der Waals surface area contributed by atoms with Crippen LogP contribution in [0.3, 0.4) is 0 Å². The second kappa shape index (κ2) is 6.61. The van der Waals surface area contributed by atoms with Crippen molar-refractivity contribution in [3.05, 3.63) is 63.7 Å². The van der Waals surface area contributed by atoms with Gasteiger partial charge in [0.25, 0.3) is 0 Å². The van der Waals surface area contributed by atoms with Gasteiger partial charge in [0, 0.05) is 22.3 Å². The Morgan fingerprint density at radius 1 is 1.29 bits per heavy atom. The number of nitrogens with zero attached hydrogens (tertiary/aromatic N) is 2. The summed E-state index contributed by atoms with van der Waals surface area (Å²) in [6.07, 6.45) is 0.198. The van der Waals surface area contributed by atoms with E-state index in [1.807, 2.05) is 11.4 Å². The third-order valence-corrected chi connectivity index (χ3v) is 5.16. The molecule has 0 saturated heterocycles. The molecular formula is C19H21N3OS. The molecule has 0 unspecified atom stereocenters. The van der Waals surface area contributed by atoms with Crippen molar-refractivity contribution in [2.75, 3.05) is 0 Å². The summed E-state index contributed by atoms with van der Waals surface area (Å²) in [6.45, 7) is 6.44. The zero-order valence-corrected chi connectivity index (χ0v) is 14.9. The van der Waals surface area contributed by atoms with Crippen molar-refractivity contribution < 1.29 is 4.79 Å². The molecule has 3 aromatic rings. The molecule has 0 fully saturated rings. The van der Waals surface area contributed by atoms with E-state index in [1.54, 1.807) is 0 Å². The number of primary amides is 1. The first kappa shape index (κ1) is 16.5. The SMILES string of the molecule is Cc1cc(-c2csc(CC(N)=O)n2)c(C)n1[C@H](C)c1ccccc1. The van der Waals surface area contributed by atoms with E-state index in [4.69, 9.17) is 5.73 Å². The van der Waals surface area contributed by atoms with E-state index >= 15 is 0 Å². The largest absolute Gasteiger partial charge is 0.369 e. The van der Waals surface area contributed by atoms with E-state index in [1.165, 1.54) is 28.3 Å². The fraction of sp³-hybridized carbons (Fsp3) is 0.263. The number of thiazole rings is 1. The number of benzene rings is 1. The Morgan fingerprint density at radius 2 is 2.00 bits per heavy atom. The van der Waals surface area contributed by atoms with Crippen molar-refractivity contribution in [2.24, 2.45) is 5.73 Å². The topological polar surface area (TPSA) is 60.9 Å². The molecule has 0 aliphatic heterocycles. The van der Waals surface area contributed by atoms with Crippen LogP contribution >= 0.6 is 11.3 Å². The third-order valence-electron chi connectivity index (χ3n) is 4.31. The highest BCUT2D eigenvalue weighted by atomic mass is 32.1. The molecule has 0 aliphatic carbocycles. The van der Waals surface area contributed by atoms with Crippen molar-refractivity contribution in [2.45, 2.75) is 33.2 Å². The van der Waals surface area contributed by atoms with Crippen LogP contribution in [0.15, 0.2) is 41.8 Å². The summed E-state index contributed by atoms with van der Waals surface area (Å²) in [6, 6.07) is 12.9. The van der Waals surface area contributed by atoms with Crippen LogP contribution < -0.4 is 5.73 Å². The van der Waals surface area contributed by atoms with Gasteiger partial charge in [0.15, 0.2) is 0 Å². The van der Waals surface area contributed by atoms with Crippen molar-refractivity contribution in [1.29, 1.82) is 0 Å². The minimum absolute atomic E-state index is 0.198. The number of rotatable bonds is 5. The minimum atomic E-state index is -0.348. The van der Waals surface area contributed by atoms with Gasteiger partial charge in [0.05, 0.1) is 18.2 Å². The maximum atomic E-state index is 11.1. The van der Waals surface area contributed by atoms with Crippen LogP contribution in [0.25, 0.3) is 11.3 Å². The molecule has 3 rings (SSSR count). The Labute approximate surface area is 146 Å². The molecule has 1 amide bonds. The number of carbonyl (C=O) groups excluding carboxylic acids is 1. The summed E-state index contributed by atoms with van der Waals surface area (Å²) >= 11 is 1.48. The predicted molar refractivity (Wildman–Crippen MR) is 98.2 cm³/mol. The second-order valence-corrected chi connectivity index (χ2v) is 6.95. The Bertz CT molecular complexity index is 864. The van der Waals surface area contributed by atoms with Crippen LogP contribution in [-0.2, 0) is 11.2 Å². The van der Waals surface area contributed by atoms with Crippen molar-refractivity contribution in [1.82, 2.24) is 9.55 Å². The monoisotopic (exact) mass is 339 g/mol. The van der Waals surface area contributed by atoms with Gasteiger partial charge in [-0.05, 0) is 32.4 Å². The number of aromatic nitrogens is 2. The van der Waals surface area contributed by atoms with Crippen molar-refractivity contribution in [3.63, 3.8) is 0 Å². The Balaban J connectivity index is 1.97. The molecule has 1 atom stereocenters. The number of nitrogens with two attached hydrogens (primary N) is 1. The van der Waals surface area contributed by atoms with Gasteiger partial charge in [-0.1, -0.05) is 30.3 Å². The lowest BCUT2D eigenvalue weighted by molar-refractivity contribution is -0.117. The van der Waals surface area contributed by atoms with Crippen molar-refractivity contribution >= 4 is 17.2 Å². The fourth-order valence-corrected chi connectivity index (χ4v) is 3.98. The van der Waals surface area contributed by atoms with Crippen LogP contribution in [-0.4, -0.2) is 15.5 Å². The maximum absolute atomic E-state index is 11.1. The summed E-state index contributed by atoms with van der Waals surface area (Å²) < 4.78 is 2.33. The van der Waals surface area contributed by atoms with Gasteiger partial charge >= 0.3 is 0 Å². The van der Waals surface area contributed by atoms with Crippen LogP contribution in [0.1, 0.15) is 34.9 Å². The number of hydrogen-bond donors (Lipinski definition) is 1. The zero-order valence-electron chi connectivity index (χ0n) is 14.1. The molecule has 0 saturated carbocycles. The lowest BCUT2D eigenvalue weighted by Gasteiger charge is -2.19. The second-order valence-electron chi connectivity index (χ2n) is 6.01. The van der Waals surface area contributed by atoms with Crippen LogP contribution in [0.5, 0.6) is 0 Å². The standard InChI is InChI=1S/C19H21N3OS/c1-12-9-16(17-11-24-19(21-17)10-18(20)23)14(3)22(12)13(2)15-7-5-4-6-8-15/h4-9,11,13H,10H2,1-3H3,(H2,20,23)/t13-/m1/s1. The lowest BCUT2D eigenvalue weighted by atomic mass is 10.1. The van der Waals surface area contributed by atoms with Gasteiger partial charge in [-0.25, -0.2) is 4.98 Å². The van der Waals surface area contributed by atoms with E-state index in [9.17, 15) is 4.79 Å². The summed E-state index contributed by atoms with van der Waals surface area (Å²) in [5, 5.41) is 2.76. The van der Waals surface area contributed by atoms with Gasteiger partial charge in [-0.3, -0.25) is 4.79 Å². The fourth-order valence-electron chi connectivity index (χ4n) is 3.18. The summed E-state index contributed by atoms with van der Waals surface area (Å²) in [7, 11) is 0. The number of hydrogen-bond acceptors (Lipinski definition) is 3. The molecule has 2 aromatic heterocycles. The highest BCUT2D eigenvalue weighted by Gasteiger charge is 2.18. The highest BCUT2D eigenvalue weighted by Crippen LogP contribution is 2.32. The molecule has 1 aromatic carbocycles. The molecular weight excluding hydrogens is 318 g/mol. The summed E-state index contributed by atoms with van der Waals surface area (Å²) in [5.41, 5.74) is 10.9. The number of aryl methyl sites for hydroxylation is 1. The Morgan fingerprint density at radius 3 is 2.67 bits per heavy atom. The van der Waals surface area contributed by atoms with E-state index in [-0.39, 0.29) is 18.4 Å². The number of carbonyl (C=O) groups is 1. The first-order chi connectivity index (χ1) is 11.5. The van der Waals surface area contributed by atoms with Crippen LogP contribution in [0.2, 0.25) is 0 Å². The molecule has 4 nitrogen and oxygen atoms in total. The number of amides is 1. The molecule has 0 radical (unpaired) electrons. The molecule has 0 spiro atoms. The minimum Gasteiger partial charge on any atom is -0.369 e. The first-order valence-corrected chi connectivity index (χ1v) is 8.81. The van der Waals surface area contributed by atoms with Gasteiger partial charge in [-0.2, -0.15) is 0 Å². The van der Waals surface area contributed by atoms with Gasteiger partial charge in [0.1, 0.15) is 5.01 Å². The zero-order chi connectivity index (χ0) is 17.3. The average Bonchev–Trinajstić information content (AvgIpc) is 3.11. The smallest absolute Gasteiger partial charge is 0.224 e. The van der Waals surface area contributed by atoms with E-state index in [2.05, 4.69) is 60.7 Å². The first-order valence-electron chi connectivity index (χ1n) is 7.94. The predicted octanol–water partition coefficient (Wildman–Crippen LogP) is 3.87. The van der Waals surface area contributed by atoms with Crippen LogP contribution in [0.4, 0.5) is 0 Å². The maximum Gasteiger partial charge on any atom is 0.224 e. The molecule has 2 N–H and O–H groups in total. The summed E-state index contributed by atoms with van der Waals surface area (Å²) in [4.78, 5) is 15.6. The van der Waals surface area contributed by atoms with Crippen LogP contribution in [0, 0.1) is 13.8 Å². The molecule has 24 heavy (non-hydrogen) atoms. The molecule has 5 heteroatoms. The lowest BCUT2D eigenvalue weighted by Crippen LogP contribution is -2.13. The van der Waals surface area contributed by atoms with Crippen molar-refractivity contribution in [3.8, 4) is 11.3 Å². The third kappa shape index (κ3) is 3.12. The van der Waals surface area contributed by atoms with E-state index in [0.29, 0.717) is 0 Å². The normalized spacial score (nSPS) is 12.3. The quantitative estimate of drug-likeness (QED) is 0.767. The van der Waals surface area contributed by atoms with Gasteiger partial charge in [0.2, 0.25) is 5.91 Å². The highest BCUT2D eigenvalue weighted by molar-refractivity contribution is 7.10. The van der Waals surface area contributed by atoms with E-state index < -0.39 is 0 Å². The Hall–Kier alpha value is -2.40. The van der Waals surface area contributed by atoms with Gasteiger partial charge in [-0.15, -0.1) is 11.3 Å². The average molecular weight is 339 g/mol. The molecule has 124 valence electrons. The molecule has 2 heterocycles. The summed E-state index contributed by atoms with van der Waals surface area (Å²) in [5.74, 6) is -0.348. The molecule has 0 aliphatic rings. The van der Waals surface area contributed by atoms with E-state index in [0.717, 1.165) is 16.3 Å². The van der Waals surface area contributed by atoms with Gasteiger partial charge < -0.3 is 10.3 Å².